The van der Waals surface area contributed by atoms with Crippen molar-refractivity contribution in [2.75, 3.05) is 6.54 Å². The van der Waals surface area contributed by atoms with Crippen LogP contribution in [0.15, 0.2) is 10.3 Å². The number of hydrogen-bond acceptors (Lipinski definition) is 4. The number of aryl methyl sites for hydroxylation is 1. The smallest absolute Gasteiger partial charge is 0.252 e. The third-order valence-electron chi connectivity index (χ3n) is 2.59. The second-order valence-electron chi connectivity index (χ2n) is 4.13. The van der Waals surface area contributed by atoms with Crippen molar-refractivity contribution in [2.24, 2.45) is 0 Å². The predicted octanol–water partition coefficient (Wildman–Crippen LogP) is 1.97. The second kappa shape index (κ2) is 5.48. The number of aliphatic hydroxyl groups excluding tert-OH is 1. The molecule has 0 aliphatic heterocycles. The quantitative estimate of drug-likeness (QED) is 0.895. The van der Waals surface area contributed by atoms with Gasteiger partial charge in [0.25, 0.3) is 10.0 Å². The number of rotatable bonds is 5. The van der Waals surface area contributed by atoms with E-state index in [4.69, 9.17) is 5.11 Å². The van der Waals surface area contributed by atoms with Crippen molar-refractivity contribution in [3.63, 3.8) is 0 Å². The van der Waals surface area contributed by atoms with Gasteiger partial charge in [-0.15, -0.1) is 11.3 Å². The highest BCUT2D eigenvalue weighted by Gasteiger charge is 2.27. The maximum Gasteiger partial charge on any atom is 0.252 e. The Balaban J connectivity index is 3.20. The average Bonchev–Trinajstić information content (AvgIpc) is 2.60. The first-order chi connectivity index (χ1) is 7.84. The second-order valence-corrected chi connectivity index (χ2v) is 7.39. The lowest BCUT2D eigenvalue weighted by Crippen LogP contribution is -2.36. The standard InChI is InChI=1S/C11H19NO3S2/c1-5-12(8(2)3)17(14,15)11-6-9(4)10(7-13)16-11/h6,8,13H,5,7H2,1-4H3. The maximum atomic E-state index is 12.3. The van der Waals surface area contributed by atoms with Crippen LogP contribution in [0.25, 0.3) is 0 Å². The van der Waals surface area contributed by atoms with Crippen molar-refractivity contribution < 1.29 is 13.5 Å². The summed E-state index contributed by atoms with van der Waals surface area (Å²) in [6, 6.07) is 1.57. The molecule has 0 radical (unpaired) electrons. The lowest BCUT2D eigenvalue weighted by molar-refractivity contribution is 0.285. The van der Waals surface area contributed by atoms with E-state index in [9.17, 15) is 8.42 Å². The molecule has 98 valence electrons. The average molecular weight is 277 g/mol. The highest BCUT2D eigenvalue weighted by Crippen LogP contribution is 2.29. The van der Waals surface area contributed by atoms with E-state index in [-0.39, 0.29) is 12.6 Å². The Morgan fingerprint density at radius 1 is 1.47 bits per heavy atom. The Bertz CT molecular complexity index is 477. The summed E-state index contributed by atoms with van der Waals surface area (Å²) in [5.74, 6) is 0. The van der Waals surface area contributed by atoms with Crippen LogP contribution >= 0.6 is 11.3 Å². The molecule has 0 atom stereocenters. The van der Waals surface area contributed by atoms with Gasteiger partial charge in [0.1, 0.15) is 4.21 Å². The number of thiophene rings is 1. The van der Waals surface area contributed by atoms with Gasteiger partial charge in [0, 0.05) is 17.5 Å². The van der Waals surface area contributed by atoms with Crippen molar-refractivity contribution in [1.29, 1.82) is 0 Å². The van der Waals surface area contributed by atoms with E-state index in [0.717, 1.165) is 16.9 Å². The number of hydrogen-bond donors (Lipinski definition) is 1. The summed E-state index contributed by atoms with van der Waals surface area (Å²) in [6.07, 6.45) is 0. The molecule has 0 unspecified atom stereocenters. The molecular formula is C11H19NO3S2. The van der Waals surface area contributed by atoms with Crippen molar-refractivity contribution in [2.45, 2.75) is 44.6 Å². The fraction of sp³-hybridized carbons (Fsp3) is 0.636. The Labute approximate surface area is 107 Å². The highest BCUT2D eigenvalue weighted by molar-refractivity contribution is 7.91. The normalized spacial score (nSPS) is 12.6. The Morgan fingerprint density at radius 2 is 2.06 bits per heavy atom. The molecule has 17 heavy (non-hydrogen) atoms. The van der Waals surface area contributed by atoms with Gasteiger partial charge in [-0.2, -0.15) is 4.31 Å². The van der Waals surface area contributed by atoms with E-state index < -0.39 is 10.0 Å². The topological polar surface area (TPSA) is 57.6 Å². The van der Waals surface area contributed by atoms with E-state index in [0.29, 0.717) is 15.6 Å². The molecule has 0 aromatic carbocycles. The molecule has 0 aliphatic rings. The van der Waals surface area contributed by atoms with Crippen LogP contribution in [-0.4, -0.2) is 30.4 Å². The molecule has 1 aromatic heterocycles. The molecule has 1 rings (SSSR count). The van der Waals surface area contributed by atoms with Gasteiger partial charge in [0.15, 0.2) is 0 Å². The molecule has 0 fully saturated rings. The lowest BCUT2D eigenvalue weighted by atomic mass is 10.3. The first-order valence-corrected chi connectivity index (χ1v) is 7.82. The monoisotopic (exact) mass is 277 g/mol. The molecule has 0 bridgehead atoms. The van der Waals surface area contributed by atoms with Gasteiger partial charge in [-0.1, -0.05) is 6.92 Å². The van der Waals surface area contributed by atoms with E-state index in [2.05, 4.69) is 0 Å². The molecule has 0 saturated carbocycles. The van der Waals surface area contributed by atoms with Gasteiger partial charge in [-0.05, 0) is 32.4 Å². The van der Waals surface area contributed by atoms with Crippen LogP contribution in [0, 0.1) is 6.92 Å². The Kier molecular flexibility index (Phi) is 4.71. The van der Waals surface area contributed by atoms with E-state index >= 15 is 0 Å². The molecule has 4 nitrogen and oxygen atoms in total. The van der Waals surface area contributed by atoms with Crippen molar-refractivity contribution in [1.82, 2.24) is 4.31 Å². The Hall–Kier alpha value is -0.430. The van der Waals surface area contributed by atoms with Crippen LogP contribution in [0.3, 0.4) is 0 Å². The minimum atomic E-state index is -3.42. The predicted molar refractivity (Wildman–Crippen MR) is 69.7 cm³/mol. The zero-order valence-corrected chi connectivity index (χ0v) is 12.2. The maximum absolute atomic E-state index is 12.3. The first-order valence-electron chi connectivity index (χ1n) is 5.56. The molecule has 0 saturated heterocycles. The first kappa shape index (κ1) is 14.6. The van der Waals surface area contributed by atoms with Crippen LogP contribution in [0.4, 0.5) is 0 Å². The van der Waals surface area contributed by atoms with Crippen LogP contribution < -0.4 is 0 Å². The summed E-state index contributed by atoms with van der Waals surface area (Å²) < 4.78 is 26.5. The number of nitrogens with zero attached hydrogens (tertiary/aromatic N) is 1. The zero-order valence-electron chi connectivity index (χ0n) is 10.6. The lowest BCUT2D eigenvalue weighted by Gasteiger charge is -2.23. The van der Waals surface area contributed by atoms with Gasteiger partial charge >= 0.3 is 0 Å². The van der Waals surface area contributed by atoms with Crippen LogP contribution in [0.5, 0.6) is 0 Å². The zero-order chi connectivity index (χ0) is 13.2. The molecule has 1 heterocycles. The fourth-order valence-electron chi connectivity index (χ4n) is 1.70. The SMILES string of the molecule is CCN(C(C)C)S(=O)(=O)c1cc(C)c(CO)s1. The third kappa shape index (κ3) is 2.88. The largest absolute Gasteiger partial charge is 0.391 e. The van der Waals surface area contributed by atoms with Gasteiger partial charge in [0.05, 0.1) is 6.61 Å². The van der Waals surface area contributed by atoms with Gasteiger partial charge in [0.2, 0.25) is 0 Å². The number of aliphatic hydroxyl groups is 1. The van der Waals surface area contributed by atoms with Crippen molar-refractivity contribution >= 4 is 21.4 Å². The molecule has 6 heteroatoms. The van der Waals surface area contributed by atoms with Crippen molar-refractivity contribution in [3.05, 3.63) is 16.5 Å². The summed E-state index contributed by atoms with van der Waals surface area (Å²) in [4.78, 5) is 0.711. The van der Waals surface area contributed by atoms with Gasteiger partial charge < -0.3 is 5.11 Å². The molecule has 0 amide bonds. The summed E-state index contributed by atoms with van der Waals surface area (Å²) >= 11 is 1.15. The van der Waals surface area contributed by atoms with Crippen molar-refractivity contribution in [3.8, 4) is 0 Å². The summed E-state index contributed by atoms with van der Waals surface area (Å²) in [5.41, 5.74) is 0.830. The molecule has 0 aliphatic carbocycles. The summed E-state index contributed by atoms with van der Waals surface area (Å²) in [6.45, 7) is 7.69. The third-order valence-corrected chi connectivity index (χ3v) is 6.41. The molecule has 1 N–H and O–H groups in total. The molecule has 0 spiro atoms. The van der Waals surface area contributed by atoms with E-state index in [1.54, 1.807) is 6.07 Å². The summed E-state index contributed by atoms with van der Waals surface area (Å²) in [5, 5.41) is 9.10. The van der Waals surface area contributed by atoms with Gasteiger partial charge in [-0.3, -0.25) is 0 Å². The minimum Gasteiger partial charge on any atom is -0.391 e. The van der Waals surface area contributed by atoms with Crippen LogP contribution in [0.1, 0.15) is 31.2 Å². The minimum absolute atomic E-state index is 0.0648. The molecular weight excluding hydrogens is 258 g/mol. The van der Waals surface area contributed by atoms with Gasteiger partial charge in [-0.25, -0.2) is 8.42 Å². The van der Waals surface area contributed by atoms with E-state index in [1.165, 1.54) is 4.31 Å². The summed E-state index contributed by atoms with van der Waals surface area (Å²) in [7, 11) is -3.42. The fourth-order valence-corrected chi connectivity index (χ4v) is 4.93. The van der Waals surface area contributed by atoms with Crippen LogP contribution in [0.2, 0.25) is 0 Å². The van der Waals surface area contributed by atoms with Crippen LogP contribution in [-0.2, 0) is 16.6 Å². The Morgan fingerprint density at radius 3 is 2.41 bits per heavy atom. The molecule has 1 aromatic rings. The highest BCUT2D eigenvalue weighted by atomic mass is 32.2. The van der Waals surface area contributed by atoms with E-state index in [1.807, 2.05) is 27.7 Å². The number of sulfonamides is 1.